The molecule has 2 heterocycles. The third-order valence-electron chi connectivity index (χ3n) is 5.96. The zero-order valence-corrected chi connectivity index (χ0v) is 13.5. The van der Waals surface area contributed by atoms with Crippen LogP contribution in [0.15, 0.2) is 0 Å². The second-order valence-electron chi connectivity index (χ2n) is 7.52. The van der Waals surface area contributed by atoms with E-state index in [-0.39, 0.29) is 0 Å². The molecule has 0 aromatic heterocycles. The summed E-state index contributed by atoms with van der Waals surface area (Å²) in [6.07, 6.45) is 14.0. The van der Waals surface area contributed by atoms with Crippen LogP contribution in [0.1, 0.15) is 70.6 Å². The number of rotatable bonds is 5. The first-order chi connectivity index (χ1) is 10.3. The van der Waals surface area contributed by atoms with Gasteiger partial charge in [0, 0.05) is 19.0 Å². The van der Waals surface area contributed by atoms with Crippen molar-refractivity contribution in [1.82, 2.24) is 10.2 Å². The number of carbonyl (C=O) groups excluding carboxylic acids is 1. The normalized spacial score (nSPS) is 31.0. The van der Waals surface area contributed by atoms with Crippen LogP contribution in [-0.4, -0.2) is 36.5 Å². The zero-order chi connectivity index (χ0) is 14.5. The molecular weight excluding hydrogens is 260 g/mol. The molecule has 1 N–H and O–H groups in total. The molecule has 0 aromatic carbocycles. The Bertz CT molecular complexity index is 332. The molecule has 3 rings (SSSR count). The van der Waals surface area contributed by atoms with Crippen LogP contribution in [0.2, 0.25) is 0 Å². The lowest BCUT2D eigenvalue weighted by molar-refractivity contribution is -0.132. The Labute approximate surface area is 129 Å². The quantitative estimate of drug-likeness (QED) is 0.843. The highest BCUT2D eigenvalue weighted by Crippen LogP contribution is 2.32. The summed E-state index contributed by atoms with van der Waals surface area (Å²) >= 11 is 0. The molecule has 120 valence electrons. The Morgan fingerprint density at radius 3 is 2.62 bits per heavy atom. The van der Waals surface area contributed by atoms with Gasteiger partial charge in [-0.2, -0.15) is 0 Å². The summed E-state index contributed by atoms with van der Waals surface area (Å²) in [6.45, 7) is 3.30. The van der Waals surface area contributed by atoms with E-state index in [2.05, 4.69) is 10.2 Å². The number of amides is 1. The Hall–Kier alpha value is -0.570. The number of nitrogens with one attached hydrogen (secondary N) is 1. The van der Waals surface area contributed by atoms with Gasteiger partial charge >= 0.3 is 0 Å². The largest absolute Gasteiger partial charge is 0.340 e. The van der Waals surface area contributed by atoms with Gasteiger partial charge in [-0.1, -0.05) is 32.1 Å². The van der Waals surface area contributed by atoms with E-state index in [9.17, 15) is 4.79 Å². The molecule has 2 atom stereocenters. The Morgan fingerprint density at radius 2 is 1.86 bits per heavy atom. The Morgan fingerprint density at radius 1 is 1.00 bits per heavy atom. The van der Waals surface area contributed by atoms with E-state index in [4.69, 9.17) is 0 Å². The fraction of sp³-hybridized carbons (Fsp3) is 0.944. The van der Waals surface area contributed by atoms with Crippen LogP contribution in [0.5, 0.6) is 0 Å². The minimum Gasteiger partial charge on any atom is -0.340 e. The van der Waals surface area contributed by atoms with Gasteiger partial charge in [-0.25, -0.2) is 0 Å². The van der Waals surface area contributed by atoms with Crippen LogP contribution >= 0.6 is 0 Å². The average molecular weight is 292 g/mol. The predicted molar refractivity (Wildman–Crippen MR) is 86.1 cm³/mol. The molecule has 0 aromatic rings. The number of hydrogen-bond acceptors (Lipinski definition) is 2. The molecule has 0 bridgehead atoms. The van der Waals surface area contributed by atoms with Gasteiger partial charge in [0.1, 0.15) is 0 Å². The SMILES string of the molecule is O=C(CCC1CCNC1)N1CCCC1CC1CCCCC1. The van der Waals surface area contributed by atoms with Crippen molar-refractivity contribution in [3.63, 3.8) is 0 Å². The molecular formula is C18H32N2O. The lowest BCUT2D eigenvalue weighted by atomic mass is 9.84. The molecule has 3 fully saturated rings. The Balaban J connectivity index is 1.44. The van der Waals surface area contributed by atoms with Gasteiger partial charge in [-0.15, -0.1) is 0 Å². The fourth-order valence-corrected chi connectivity index (χ4v) is 4.65. The molecule has 3 aliphatic rings. The third-order valence-corrected chi connectivity index (χ3v) is 5.96. The fourth-order valence-electron chi connectivity index (χ4n) is 4.65. The summed E-state index contributed by atoms with van der Waals surface area (Å²) in [5, 5.41) is 3.40. The molecule has 3 heteroatoms. The minimum absolute atomic E-state index is 0.445. The number of likely N-dealkylation sites (tertiary alicyclic amines) is 1. The van der Waals surface area contributed by atoms with Gasteiger partial charge in [0.25, 0.3) is 0 Å². The van der Waals surface area contributed by atoms with Crippen molar-refractivity contribution in [3.05, 3.63) is 0 Å². The van der Waals surface area contributed by atoms with E-state index in [1.165, 1.54) is 57.8 Å². The van der Waals surface area contributed by atoms with Gasteiger partial charge in [0.05, 0.1) is 0 Å². The number of hydrogen-bond donors (Lipinski definition) is 1. The maximum absolute atomic E-state index is 12.6. The lowest BCUT2D eigenvalue weighted by Gasteiger charge is -2.30. The molecule has 3 nitrogen and oxygen atoms in total. The topological polar surface area (TPSA) is 32.3 Å². The van der Waals surface area contributed by atoms with Crippen molar-refractivity contribution in [2.24, 2.45) is 11.8 Å². The van der Waals surface area contributed by atoms with Crippen LogP contribution in [0.25, 0.3) is 0 Å². The van der Waals surface area contributed by atoms with Crippen LogP contribution in [0.4, 0.5) is 0 Å². The van der Waals surface area contributed by atoms with Gasteiger partial charge < -0.3 is 10.2 Å². The van der Waals surface area contributed by atoms with E-state index in [1.807, 2.05) is 0 Å². The maximum Gasteiger partial charge on any atom is 0.222 e. The first-order valence-electron chi connectivity index (χ1n) is 9.33. The molecule has 2 aliphatic heterocycles. The molecule has 0 radical (unpaired) electrons. The third kappa shape index (κ3) is 4.21. The zero-order valence-electron chi connectivity index (χ0n) is 13.5. The van der Waals surface area contributed by atoms with Crippen LogP contribution in [0.3, 0.4) is 0 Å². The molecule has 21 heavy (non-hydrogen) atoms. The van der Waals surface area contributed by atoms with Crippen LogP contribution in [0, 0.1) is 11.8 Å². The summed E-state index contributed by atoms with van der Waals surface area (Å²) in [4.78, 5) is 14.8. The Kier molecular flexibility index (Phi) is 5.56. The number of carbonyl (C=O) groups is 1. The van der Waals surface area contributed by atoms with Crippen molar-refractivity contribution in [2.75, 3.05) is 19.6 Å². The minimum atomic E-state index is 0.445. The summed E-state index contributed by atoms with van der Waals surface area (Å²) in [5.41, 5.74) is 0. The van der Waals surface area contributed by atoms with Crippen molar-refractivity contribution in [3.8, 4) is 0 Å². The van der Waals surface area contributed by atoms with E-state index < -0.39 is 0 Å². The summed E-state index contributed by atoms with van der Waals surface area (Å²) in [7, 11) is 0. The first-order valence-corrected chi connectivity index (χ1v) is 9.33. The molecule has 1 amide bonds. The highest BCUT2D eigenvalue weighted by atomic mass is 16.2. The lowest BCUT2D eigenvalue weighted by Crippen LogP contribution is -2.37. The van der Waals surface area contributed by atoms with Crippen LogP contribution < -0.4 is 5.32 Å². The monoisotopic (exact) mass is 292 g/mol. The van der Waals surface area contributed by atoms with Crippen molar-refractivity contribution in [2.45, 2.75) is 76.7 Å². The average Bonchev–Trinajstić information content (AvgIpc) is 3.17. The standard InChI is InChI=1S/C18H32N2O/c21-18(9-8-16-10-11-19-14-16)20-12-4-7-17(20)13-15-5-2-1-3-6-15/h15-17,19H,1-14H2. The predicted octanol–water partition coefficient (Wildman–Crippen LogP) is 3.34. The molecule has 2 saturated heterocycles. The van der Waals surface area contributed by atoms with E-state index in [1.54, 1.807) is 0 Å². The van der Waals surface area contributed by atoms with Crippen molar-refractivity contribution in [1.29, 1.82) is 0 Å². The van der Waals surface area contributed by atoms with Crippen molar-refractivity contribution >= 4 is 5.91 Å². The van der Waals surface area contributed by atoms with Gasteiger partial charge in [-0.05, 0) is 57.0 Å². The van der Waals surface area contributed by atoms with Gasteiger partial charge in [0.2, 0.25) is 5.91 Å². The highest BCUT2D eigenvalue weighted by Gasteiger charge is 2.31. The summed E-state index contributed by atoms with van der Waals surface area (Å²) < 4.78 is 0. The van der Waals surface area contributed by atoms with Crippen molar-refractivity contribution < 1.29 is 4.79 Å². The van der Waals surface area contributed by atoms with E-state index in [0.29, 0.717) is 11.9 Å². The second-order valence-corrected chi connectivity index (χ2v) is 7.52. The summed E-state index contributed by atoms with van der Waals surface area (Å²) in [6, 6.07) is 0.572. The van der Waals surface area contributed by atoms with Gasteiger partial charge in [-0.3, -0.25) is 4.79 Å². The smallest absolute Gasteiger partial charge is 0.222 e. The highest BCUT2D eigenvalue weighted by molar-refractivity contribution is 5.76. The number of nitrogens with zero attached hydrogens (tertiary/aromatic N) is 1. The van der Waals surface area contributed by atoms with Crippen LogP contribution in [-0.2, 0) is 4.79 Å². The maximum atomic E-state index is 12.6. The van der Waals surface area contributed by atoms with Gasteiger partial charge in [0.15, 0.2) is 0 Å². The molecule has 0 spiro atoms. The molecule has 1 aliphatic carbocycles. The molecule has 2 unspecified atom stereocenters. The molecule has 1 saturated carbocycles. The van der Waals surface area contributed by atoms with E-state index >= 15 is 0 Å². The second kappa shape index (κ2) is 7.62. The van der Waals surface area contributed by atoms with E-state index in [0.717, 1.165) is 44.3 Å². The first kappa shape index (κ1) is 15.3. The summed E-state index contributed by atoms with van der Waals surface area (Å²) in [5.74, 6) is 2.09.